The summed E-state index contributed by atoms with van der Waals surface area (Å²) in [6.07, 6.45) is 7.30. The number of imide groups is 3. The molecule has 0 radical (unpaired) electrons. The molecule has 7 aromatic carbocycles. The van der Waals surface area contributed by atoms with Crippen LogP contribution in [0.3, 0.4) is 0 Å². The number of carbonyl (C=O) groups excluding carboxylic acids is 6. The smallest absolute Gasteiger partial charge is 0.266 e. The lowest BCUT2D eigenvalue weighted by atomic mass is 9.89. The third kappa shape index (κ3) is 29.8. The van der Waals surface area contributed by atoms with Gasteiger partial charge in [-0.1, -0.05) is 126 Å². The van der Waals surface area contributed by atoms with Gasteiger partial charge < -0.3 is 0 Å². The fraction of sp³-hybridized carbons (Fsp3) is 0.500. The van der Waals surface area contributed by atoms with Gasteiger partial charge >= 0.3 is 62.5 Å². The minimum atomic E-state index is -6.26. The van der Waals surface area contributed by atoms with Crippen molar-refractivity contribution in [1.29, 1.82) is 0 Å². The Morgan fingerprint density at radius 3 is 1.07 bits per heavy atom. The third-order valence-corrected chi connectivity index (χ3v) is 40.3. The van der Waals surface area contributed by atoms with Crippen LogP contribution < -0.4 is 0 Å². The van der Waals surface area contributed by atoms with E-state index in [1.165, 1.54) is 42.5 Å². The summed E-state index contributed by atoms with van der Waals surface area (Å²) in [4.78, 5) is 78.4. The van der Waals surface area contributed by atoms with Crippen molar-refractivity contribution in [3.8, 4) is 0 Å². The Morgan fingerprint density at radius 2 is 0.652 bits per heavy atom. The molecule has 6 amide bonds. The second-order valence-electron chi connectivity index (χ2n) is 30.0. The summed E-state index contributed by atoms with van der Waals surface area (Å²) in [7, 11) is -24.4. The molecule has 8 atom stereocenters. The zero-order chi connectivity index (χ0) is 102. The monoisotopic (exact) mass is 2320 g/mol. The normalized spacial score (nSPS) is 16.2. The van der Waals surface area contributed by atoms with Crippen LogP contribution in [0, 0.1) is 0 Å². The minimum Gasteiger partial charge on any atom is -0.266 e. The molecule has 4 aliphatic heterocycles. The fourth-order valence-electron chi connectivity index (χ4n) is 15.1. The van der Waals surface area contributed by atoms with Crippen molar-refractivity contribution in [1.82, 2.24) is 20.3 Å². The number of carbonyl (C=O) groups is 6. The number of alkyl halides is 12. The van der Waals surface area contributed by atoms with Gasteiger partial charge in [0.05, 0.1) is 46.5 Å². The second-order valence-corrected chi connectivity index (χ2v) is 50.0. The molecule has 138 heavy (non-hydrogen) atoms. The van der Waals surface area contributed by atoms with Crippen molar-refractivity contribution < 1.29 is 132 Å². The van der Waals surface area contributed by atoms with Gasteiger partial charge in [-0.15, -0.1) is 28.0 Å². The molecule has 4 heterocycles. The van der Waals surface area contributed by atoms with Crippen LogP contribution in [0.4, 0.5) is 52.7 Å². The molecular formula is C84H98F12N4O18S20. The number of rotatable bonds is 48. The minimum absolute atomic E-state index is 0.00513. The summed E-state index contributed by atoms with van der Waals surface area (Å²) in [5.41, 5.74) is -18.7. The average Bonchev–Trinajstić information content (AvgIpc) is 0.773. The molecule has 0 spiro atoms. The highest BCUT2D eigenvalue weighted by molar-refractivity contribution is 8.06. The van der Waals surface area contributed by atoms with Gasteiger partial charge in [0.25, 0.3) is 35.4 Å². The number of fused-ring (bicyclic) bond motifs is 1. The standard InChI is InChI=1S/3C22H24F3NO5S5.C18H26F3NO3S5/c1-2-4-17(34-9-7-32)19(35-10-8-33)14-11-13-5-3-6-15-18(13)16(12-14)21(28)26(20(15)27)31-36(29,30)22(23,24)25;1-2-4-17(34-11-9-32)19(35-12-10-33)14-7-8-16-18-13(14)5-3-6-15(18)20(27)26(21(16)28)31-36(29,30)22(23,24)25;1-2-4-16(34-11-9-32)19(35-12-10-33)14-8-7-13-5-3-6-15-17(13)18(14)21(28)26(20(15)27)31-36(29,30)22(23,24)25;1-2-4-16(28-9-7-26)17(29-10-8-27)14-6-3-5-13-11-22(12-15(13)14)25-30(23,24)18(19,20)21/h3,5-6,11-12,17,19,32-33H,2,4,7-10H2,1H3;3,5-8,17,19,32-33H,2,4,9-12H2,1H3;3,5-8,16,19,32-33H,2,4,9-12H2,1H3;3,5-6,16-17,26-27H,2,4,7-12H2,1H3. The first kappa shape index (κ1) is 120. The molecular weight excluding hydrogens is 2220 g/mol. The average molecular weight is 2320 g/mol. The highest BCUT2D eigenvalue weighted by atomic mass is 32.2. The molecule has 0 fully saturated rings. The van der Waals surface area contributed by atoms with Crippen molar-refractivity contribution in [2.45, 2.75) is 156 Å². The van der Waals surface area contributed by atoms with Crippen LogP contribution in [0.25, 0.3) is 32.3 Å². The van der Waals surface area contributed by atoms with Crippen LogP contribution in [0.1, 0.15) is 196 Å². The van der Waals surface area contributed by atoms with Gasteiger partial charge in [0.15, 0.2) is 0 Å². The Kier molecular flexibility index (Phi) is 47.4. The largest absolute Gasteiger partial charge is 0.525 e. The van der Waals surface area contributed by atoms with E-state index in [0.717, 1.165) is 125 Å². The number of hydrogen-bond donors (Lipinski definition) is 8. The zero-order valence-electron chi connectivity index (χ0n) is 73.5. The van der Waals surface area contributed by atoms with Crippen LogP contribution >= 0.6 is 195 Å². The van der Waals surface area contributed by atoms with Gasteiger partial charge in [0.1, 0.15) is 0 Å². The predicted octanol–water partition coefficient (Wildman–Crippen LogP) is 22.6. The Hall–Kier alpha value is -2.90. The van der Waals surface area contributed by atoms with Crippen LogP contribution in [0.5, 0.6) is 0 Å². The molecule has 0 saturated heterocycles. The molecule has 0 aliphatic carbocycles. The van der Waals surface area contributed by atoms with Gasteiger partial charge in [0, 0.05) is 104 Å². The first-order valence-corrected chi connectivity index (χ1v) is 61.2. The summed E-state index contributed by atoms with van der Waals surface area (Å²) in [6, 6.07) is 29.3. The predicted molar refractivity (Wildman–Crippen MR) is 560 cm³/mol. The van der Waals surface area contributed by atoms with E-state index in [1.54, 1.807) is 131 Å². The number of thioether (sulfide) groups is 8. The Balaban J connectivity index is 0.000000226. The van der Waals surface area contributed by atoms with Gasteiger partial charge in [-0.05, 0) is 158 Å². The van der Waals surface area contributed by atoms with E-state index < -0.39 is 97.9 Å². The van der Waals surface area contributed by atoms with Gasteiger partial charge in [0.2, 0.25) is 0 Å². The fourth-order valence-corrected chi connectivity index (χ4v) is 30.1. The van der Waals surface area contributed by atoms with E-state index in [-0.39, 0.29) is 115 Å². The maximum absolute atomic E-state index is 13.5. The Labute approximate surface area is 871 Å². The molecule has 0 aromatic heterocycles. The summed E-state index contributed by atoms with van der Waals surface area (Å²) < 4.78 is 264. The van der Waals surface area contributed by atoms with E-state index in [9.17, 15) is 115 Å². The quantitative estimate of drug-likeness (QED) is 0.00761. The SMILES string of the molecule is CCCC(SCCS)C(SCCS)c1cc2c3c(cccc3c1)C(=O)N(OS(=O)(=O)C(F)(F)F)C2=O.CCCC(SCCS)C(SCCS)c1ccc2c3c(cccc13)C(=O)N(OS(=O)(=O)C(F)(F)F)C2=O.CCCC(SCCS)C(SCCS)c1ccc2cccc3c2c1C(=O)N(OS(=O)(=O)C(F)(F)F)C3=O.CCCC(SCCS)C(SCCS)c1cccc2c1CN(OS(=O)(=O)C(F)(F)F)C2. The van der Waals surface area contributed by atoms with Gasteiger partial charge in [-0.3, -0.25) is 28.8 Å². The van der Waals surface area contributed by atoms with Crippen LogP contribution in [-0.2, 0) is 70.7 Å². The van der Waals surface area contributed by atoms with Crippen molar-refractivity contribution in [2.24, 2.45) is 0 Å². The number of nitrogens with zero attached hydrogens (tertiary/aromatic N) is 4. The number of hydrogen-bond acceptors (Lipinski definition) is 35. The molecule has 4 aliphatic rings. The molecule has 22 nitrogen and oxygen atoms in total. The van der Waals surface area contributed by atoms with Crippen molar-refractivity contribution in [3.63, 3.8) is 0 Å². The lowest BCUT2D eigenvalue weighted by Gasteiger charge is -2.32. The molecule has 766 valence electrons. The van der Waals surface area contributed by atoms with E-state index >= 15 is 0 Å². The van der Waals surface area contributed by atoms with E-state index in [2.05, 4.69) is 139 Å². The molecule has 8 unspecified atom stereocenters. The zero-order valence-corrected chi connectivity index (χ0v) is 90.5. The summed E-state index contributed by atoms with van der Waals surface area (Å²) in [6.45, 7) is 8.29. The van der Waals surface area contributed by atoms with Crippen molar-refractivity contribution in [3.05, 3.63) is 176 Å². The van der Waals surface area contributed by atoms with Crippen molar-refractivity contribution in [2.75, 3.05) is 92.0 Å². The maximum Gasteiger partial charge on any atom is 0.525 e. The van der Waals surface area contributed by atoms with Crippen LogP contribution in [0.2, 0.25) is 0 Å². The highest BCUT2D eigenvalue weighted by Gasteiger charge is 2.56. The Morgan fingerprint density at radius 1 is 0.326 bits per heavy atom. The molecule has 0 saturated carbocycles. The topological polar surface area (TPSA) is 289 Å². The molecule has 0 N–H and O–H groups in total. The summed E-state index contributed by atoms with van der Waals surface area (Å²) in [5.74, 6) is 3.89. The molecule has 54 heteroatoms. The number of halogens is 12. The third-order valence-electron chi connectivity index (χ3n) is 20.6. The number of hydroxylamine groups is 8. The number of thiol groups is 8. The maximum atomic E-state index is 13.5. The van der Waals surface area contributed by atoms with Gasteiger partial charge in [-0.25, -0.2) is 0 Å². The van der Waals surface area contributed by atoms with E-state index in [0.29, 0.717) is 78.7 Å². The molecule has 11 rings (SSSR count). The lowest BCUT2D eigenvalue weighted by Crippen LogP contribution is -2.45. The van der Waals surface area contributed by atoms with Gasteiger partial charge in [-0.2, -0.15) is 291 Å². The van der Waals surface area contributed by atoms with E-state index in [1.807, 2.05) is 36.9 Å². The van der Waals surface area contributed by atoms with Crippen LogP contribution in [0.15, 0.2) is 109 Å². The number of amides is 6. The molecule has 7 aromatic rings. The lowest BCUT2D eigenvalue weighted by molar-refractivity contribution is -0.105. The summed E-state index contributed by atoms with van der Waals surface area (Å²) in [5, 5.41) is 2.78. The first-order valence-electron chi connectivity index (χ1n) is 42.1. The second kappa shape index (κ2) is 54.3. The summed E-state index contributed by atoms with van der Waals surface area (Å²) >= 11 is 48.3. The molecule has 0 bridgehead atoms. The highest BCUT2D eigenvalue weighted by Crippen LogP contribution is 2.51. The number of benzene rings is 7. The van der Waals surface area contributed by atoms with E-state index in [4.69, 9.17) is 0 Å². The van der Waals surface area contributed by atoms with Crippen LogP contribution in [-0.4, -0.2) is 224 Å². The first-order chi connectivity index (χ1) is 65.1. The Bertz CT molecular complexity index is 5860. The van der Waals surface area contributed by atoms with Crippen molar-refractivity contribution >= 4 is 303 Å².